The van der Waals surface area contributed by atoms with Crippen LogP contribution in [0.25, 0.3) is 0 Å². The molecule has 162 valence electrons. The second-order valence-corrected chi connectivity index (χ2v) is 8.69. The monoisotopic (exact) mass is 421 g/mol. The number of likely N-dealkylation sites (tertiary alicyclic amines) is 1. The number of nitrogens with one attached hydrogen (secondary N) is 1. The van der Waals surface area contributed by atoms with E-state index in [-0.39, 0.29) is 23.2 Å². The number of benzene rings is 1. The third-order valence-electron chi connectivity index (χ3n) is 6.83. The topological polar surface area (TPSA) is 101 Å². The maximum atomic E-state index is 12.5. The van der Waals surface area contributed by atoms with E-state index in [9.17, 15) is 9.90 Å². The molecule has 1 saturated carbocycles. The summed E-state index contributed by atoms with van der Waals surface area (Å²) in [6.45, 7) is 3.57. The molecule has 2 fully saturated rings. The second kappa shape index (κ2) is 7.90. The smallest absolute Gasteiger partial charge is 0.271 e. The molecule has 3 heterocycles. The molecule has 1 aromatic carbocycles. The van der Waals surface area contributed by atoms with Crippen LogP contribution in [-0.4, -0.2) is 72.5 Å². The Hall–Kier alpha value is -3.04. The van der Waals surface area contributed by atoms with Crippen LogP contribution in [0.1, 0.15) is 22.0 Å². The van der Waals surface area contributed by atoms with Crippen molar-refractivity contribution >= 4 is 5.91 Å². The molecule has 0 unspecified atom stereocenters. The summed E-state index contributed by atoms with van der Waals surface area (Å²) in [5, 5.41) is 21.9. The van der Waals surface area contributed by atoms with Gasteiger partial charge in [-0.25, -0.2) is 4.98 Å². The number of aliphatic hydroxyl groups excluding tert-OH is 1. The molecule has 5 rings (SSSR count). The molecule has 4 atom stereocenters. The van der Waals surface area contributed by atoms with Gasteiger partial charge in [0, 0.05) is 51.4 Å². The highest BCUT2D eigenvalue weighted by atomic mass is 16.3. The number of rotatable bonds is 7. The van der Waals surface area contributed by atoms with Gasteiger partial charge in [0.05, 0.1) is 12.4 Å². The van der Waals surface area contributed by atoms with Crippen LogP contribution in [0.5, 0.6) is 0 Å². The van der Waals surface area contributed by atoms with Crippen molar-refractivity contribution in [2.45, 2.75) is 18.6 Å². The first kappa shape index (κ1) is 19.9. The fourth-order valence-electron chi connectivity index (χ4n) is 5.28. The van der Waals surface area contributed by atoms with Crippen molar-refractivity contribution in [3.8, 4) is 0 Å². The lowest BCUT2D eigenvalue weighted by atomic mass is 9.95. The minimum absolute atomic E-state index is 0.175. The summed E-state index contributed by atoms with van der Waals surface area (Å²) in [6, 6.07) is 10.3. The van der Waals surface area contributed by atoms with E-state index in [4.69, 9.17) is 0 Å². The van der Waals surface area contributed by atoms with E-state index in [1.165, 1.54) is 5.56 Å². The molecule has 9 heteroatoms. The zero-order valence-electron chi connectivity index (χ0n) is 17.5. The molecule has 31 heavy (non-hydrogen) atoms. The molecule has 1 aliphatic carbocycles. The first-order valence-electron chi connectivity index (χ1n) is 10.6. The Morgan fingerprint density at radius 1 is 1.19 bits per heavy atom. The number of β-amino-alcohol motifs (C(OH)–C–C–N with tert-alkyl or cyclic N) is 1. The highest BCUT2D eigenvalue weighted by Crippen LogP contribution is 2.68. The standard InChI is InChI=1S/C22H27N7O2/c1-27-10-18(24-13-27)21(31)23-9-17-20(16-5-3-2-4-6-16)22(17)12-28(11-19(22)30)7-8-29-14-25-26-15-29/h2-6,10,13-15,17,19-20,30H,7-9,11-12H2,1H3,(H,23,31)/t17-,19-,20-,22-/m1/s1. The fraction of sp³-hybridized carbons (Fsp3) is 0.455. The maximum Gasteiger partial charge on any atom is 0.271 e. The van der Waals surface area contributed by atoms with E-state index in [0.29, 0.717) is 18.8 Å². The van der Waals surface area contributed by atoms with E-state index >= 15 is 0 Å². The lowest BCUT2D eigenvalue weighted by molar-refractivity contribution is 0.0934. The van der Waals surface area contributed by atoms with E-state index in [0.717, 1.165) is 19.6 Å². The van der Waals surface area contributed by atoms with Gasteiger partial charge in [0.2, 0.25) is 0 Å². The summed E-state index contributed by atoms with van der Waals surface area (Å²) in [4.78, 5) is 19.0. The normalized spacial score (nSPS) is 27.6. The van der Waals surface area contributed by atoms with E-state index in [1.54, 1.807) is 29.7 Å². The molecule has 0 radical (unpaired) electrons. The number of hydrogen-bond donors (Lipinski definition) is 2. The predicted molar refractivity (Wildman–Crippen MR) is 113 cm³/mol. The maximum absolute atomic E-state index is 12.5. The van der Waals surface area contributed by atoms with Gasteiger partial charge in [-0.15, -0.1) is 10.2 Å². The third-order valence-corrected chi connectivity index (χ3v) is 6.83. The minimum Gasteiger partial charge on any atom is -0.391 e. The van der Waals surface area contributed by atoms with Gasteiger partial charge in [0.25, 0.3) is 5.91 Å². The Bertz CT molecular complexity index is 1040. The zero-order valence-corrected chi connectivity index (χ0v) is 17.5. The fourth-order valence-corrected chi connectivity index (χ4v) is 5.28. The average molecular weight is 422 g/mol. The van der Waals surface area contributed by atoms with Crippen LogP contribution in [0.4, 0.5) is 0 Å². The highest BCUT2D eigenvalue weighted by molar-refractivity contribution is 5.92. The van der Waals surface area contributed by atoms with Gasteiger partial charge >= 0.3 is 0 Å². The van der Waals surface area contributed by atoms with Crippen LogP contribution >= 0.6 is 0 Å². The lowest BCUT2D eigenvalue weighted by Gasteiger charge is -2.17. The van der Waals surface area contributed by atoms with Crippen molar-refractivity contribution < 1.29 is 9.90 Å². The zero-order chi connectivity index (χ0) is 21.4. The summed E-state index contributed by atoms with van der Waals surface area (Å²) in [7, 11) is 1.84. The highest BCUT2D eigenvalue weighted by Gasteiger charge is 2.70. The largest absolute Gasteiger partial charge is 0.391 e. The second-order valence-electron chi connectivity index (χ2n) is 8.69. The van der Waals surface area contributed by atoms with Gasteiger partial charge in [0.1, 0.15) is 18.3 Å². The van der Waals surface area contributed by atoms with Gasteiger partial charge < -0.3 is 19.6 Å². The van der Waals surface area contributed by atoms with Crippen molar-refractivity contribution in [1.29, 1.82) is 0 Å². The van der Waals surface area contributed by atoms with Crippen LogP contribution in [0.3, 0.4) is 0 Å². The van der Waals surface area contributed by atoms with Gasteiger partial charge in [-0.3, -0.25) is 9.69 Å². The summed E-state index contributed by atoms with van der Waals surface area (Å²) in [5.41, 5.74) is 1.39. The summed E-state index contributed by atoms with van der Waals surface area (Å²) in [6.07, 6.45) is 6.32. The quantitative estimate of drug-likeness (QED) is 0.577. The molecule has 2 aromatic heterocycles. The molecule has 1 aliphatic heterocycles. The number of aryl methyl sites for hydroxylation is 1. The molecular formula is C22H27N7O2. The molecular weight excluding hydrogens is 394 g/mol. The number of imidazole rings is 1. The molecule has 2 N–H and O–H groups in total. The van der Waals surface area contributed by atoms with E-state index in [1.807, 2.05) is 29.8 Å². The molecule has 2 aliphatic rings. The first-order chi connectivity index (χ1) is 15.1. The molecule has 9 nitrogen and oxygen atoms in total. The van der Waals surface area contributed by atoms with Crippen molar-refractivity contribution in [1.82, 2.24) is 34.5 Å². The first-order valence-corrected chi connectivity index (χ1v) is 10.6. The third kappa shape index (κ3) is 3.64. The molecule has 1 amide bonds. The van der Waals surface area contributed by atoms with Crippen LogP contribution in [-0.2, 0) is 13.6 Å². The van der Waals surface area contributed by atoms with Crippen molar-refractivity contribution in [2.24, 2.45) is 18.4 Å². The Kier molecular flexibility index (Phi) is 5.07. The Balaban J connectivity index is 1.30. The summed E-state index contributed by atoms with van der Waals surface area (Å²) < 4.78 is 3.71. The molecule has 1 spiro atoms. The Morgan fingerprint density at radius 3 is 2.68 bits per heavy atom. The van der Waals surface area contributed by atoms with Crippen LogP contribution < -0.4 is 5.32 Å². The number of hydrogen-bond acceptors (Lipinski definition) is 6. The molecule has 0 bridgehead atoms. The number of nitrogens with zero attached hydrogens (tertiary/aromatic N) is 6. The van der Waals surface area contributed by atoms with Crippen LogP contribution in [0.15, 0.2) is 55.5 Å². The number of carbonyl (C=O) groups is 1. The van der Waals surface area contributed by atoms with Crippen molar-refractivity contribution in [3.05, 3.63) is 66.8 Å². The number of amides is 1. The summed E-state index contributed by atoms with van der Waals surface area (Å²) in [5.74, 6) is 0.219. The number of aromatic nitrogens is 5. The number of carbonyl (C=O) groups excluding carboxylic acids is 1. The Labute approximate surface area is 180 Å². The van der Waals surface area contributed by atoms with Crippen molar-refractivity contribution in [2.75, 3.05) is 26.2 Å². The van der Waals surface area contributed by atoms with Crippen molar-refractivity contribution in [3.63, 3.8) is 0 Å². The lowest BCUT2D eigenvalue weighted by Crippen LogP contribution is -2.30. The van der Waals surface area contributed by atoms with Crippen LogP contribution in [0.2, 0.25) is 0 Å². The van der Waals surface area contributed by atoms with Gasteiger partial charge in [0.15, 0.2) is 0 Å². The summed E-state index contributed by atoms with van der Waals surface area (Å²) >= 11 is 0. The van der Waals surface area contributed by atoms with E-state index in [2.05, 4.69) is 37.5 Å². The average Bonchev–Trinajstić information content (AvgIpc) is 3.22. The van der Waals surface area contributed by atoms with Gasteiger partial charge in [-0.05, 0) is 17.4 Å². The van der Waals surface area contributed by atoms with Gasteiger partial charge in [-0.1, -0.05) is 30.3 Å². The van der Waals surface area contributed by atoms with Gasteiger partial charge in [-0.2, -0.15) is 0 Å². The molecule has 3 aromatic rings. The van der Waals surface area contributed by atoms with E-state index < -0.39 is 6.10 Å². The van der Waals surface area contributed by atoms with Crippen LogP contribution in [0, 0.1) is 11.3 Å². The SMILES string of the molecule is Cn1cnc(C(=O)NC[C@@H]2[C@@H](c3ccccc3)[C@]23CN(CCn2cnnc2)C[C@H]3O)c1. The minimum atomic E-state index is -0.435. The number of aliphatic hydroxyl groups is 1. The Morgan fingerprint density at radius 2 is 1.97 bits per heavy atom. The predicted octanol–water partition coefficient (Wildman–Crippen LogP) is 0.518. The molecule has 1 saturated heterocycles.